The molecule has 6 heteroatoms. The van der Waals surface area contributed by atoms with Crippen LogP contribution in [0.1, 0.15) is 47.7 Å². The summed E-state index contributed by atoms with van der Waals surface area (Å²) >= 11 is 1.55. The average molecular weight is 463 g/mol. The van der Waals surface area contributed by atoms with Gasteiger partial charge in [0.1, 0.15) is 11.8 Å². The van der Waals surface area contributed by atoms with Crippen molar-refractivity contribution in [1.29, 1.82) is 0 Å². The van der Waals surface area contributed by atoms with E-state index in [0.717, 1.165) is 41.7 Å². The number of rotatable bonds is 8. The number of carbonyl (C=O) groups is 2. The van der Waals surface area contributed by atoms with E-state index < -0.39 is 6.04 Å². The number of carbonyl (C=O) groups excluding carboxylic acids is 2. The zero-order valence-electron chi connectivity index (χ0n) is 19.1. The highest BCUT2D eigenvalue weighted by Crippen LogP contribution is 2.31. The van der Waals surface area contributed by atoms with Crippen molar-refractivity contribution in [3.05, 3.63) is 82.0 Å². The Morgan fingerprint density at radius 2 is 1.76 bits per heavy atom. The number of nitrogens with zero attached hydrogens (tertiary/aromatic N) is 1. The van der Waals surface area contributed by atoms with E-state index in [4.69, 9.17) is 4.74 Å². The predicted octanol–water partition coefficient (Wildman–Crippen LogP) is 5.44. The van der Waals surface area contributed by atoms with Crippen LogP contribution >= 0.6 is 11.3 Å². The van der Waals surface area contributed by atoms with Crippen LogP contribution < -0.4 is 15.0 Å². The maximum absolute atomic E-state index is 13.7. The molecule has 1 N–H and O–H groups in total. The highest BCUT2D eigenvalue weighted by atomic mass is 32.1. The van der Waals surface area contributed by atoms with Gasteiger partial charge in [0.05, 0.1) is 13.5 Å². The summed E-state index contributed by atoms with van der Waals surface area (Å²) in [7, 11) is 1.61. The third kappa shape index (κ3) is 5.63. The topological polar surface area (TPSA) is 58.6 Å². The molecule has 2 aromatic carbocycles. The Bertz CT molecular complexity index is 1060. The molecule has 4 rings (SSSR count). The van der Waals surface area contributed by atoms with Crippen molar-refractivity contribution >= 4 is 28.8 Å². The summed E-state index contributed by atoms with van der Waals surface area (Å²) in [6.07, 6.45) is 4.45. The van der Waals surface area contributed by atoms with Crippen LogP contribution in [0.15, 0.2) is 66.0 Å². The van der Waals surface area contributed by atoms with E-state index in [1.165, 1.54) is 0 Å². The van der Waals surface area contributed by atoms with E-state index in [1.807, 2.05) is 73.0 Å². The van der Waals surface area contributed by atoms with Crippen LogP contribution in [-0.4, -0.2) is 25.0 Å². The molecule has 33 heavy (non-hydrogen) atoms. The zero-order chi connectivity index (χ0) is 23.2. The van der Waals surface area contributed by atoms with E-state index >= 15 is 0 Å². The van der Waals surface area contributed by atoms with E-state index in [-0.39, 0.29) is 24.3 Å². The van der Waals surface area contributed by atoms with Gasteiger partial charge in [-0.2, -0.15) is 0 Å². The van der Waals surface area contributed by atoms with Crippen LogP contribution in [-0.2, 0) is 16.0 Å². The number of methoxy groups -OCH3 is 1. The molecule has 1 aliphatic rings. The number of hydrogen-bond donors (Lipinski definition) is 1. The summed E-state index contributed by atoms with van der Waals surface area (Å²) in [5.41, 5.74) is 2.57. The van der Waals surface area contributed by atoms with Crippen LogP contribution in [0.2, 0.25) is 0 Å². The lowest BCUT2D eigenvalue weighted by atomic mass is 10.0. The minimum atomic E-state index is -0.772. The zero-order valence-corrected chi connectivity index (χ0v) is 19.9. The van der Waals surface area contributed by atoms with E-state index in [2.05, 4.69) is 5.32 Å². The van der Waals surface area contributed by atoms with Crippen LogP contribution in [0.4, 0.5) is 5.69 Å². The first-order valence-electron chi connectivity index (χ1n) is 11.4. The number of thiophene rings is 1. The number of nitrogens with one attached hydrogen (secondary N) is 1. The van der Waals surface area contributed by atoms with Crippen LogP contribution in [0.5, 0.6) is 5.75 Å². The Balaban J connectivity index is 1.75. The molecule has 1 saturated carbocycles. The van der Waals surface area contributed by atoms with Gasteiger partial charge >= 0.3 is 0 Å². The van der Waals surface area contributed by atoms with E-state index in [0.29, 0.717) is 11.4 Å². The Kier molecular flexibility index (Phi) is 7.45. The van der Waals surface area contributed by atoms with E-state index in [9.17, 15) is 9.59 Å². The SMILES string of the molecule is COc1ccc([C@@H](C(=O)NC2CCCC2)N(C(=O)Cc2cccs2)c2ccc(C)cc2)cc1. The van der Waals surface area contributed by atoms with E-state index in [1.54, 1.807) is 23.3 Å². The Morgan fingerprint density at radius 3 is 2.36 bits per heavy atom. The van der Waals surface area contributed by atoms with Gasteiger partial charge in [-0.3, -0.25) is 14.5 Å². The van der Waals surface area contributed by atoms with Crippen molar-refractivity contribution in [2.75, 3.05) is 12.0 Å². The lowest BCUT2D eigenvalue weighted by molar-refractivity contribution is -0.127. The number of anilines is 1. The van der Waals surface area contributed by atoms with Gasteiger partial charge < -0.3 is 10.1 Å². The average Bonchev–Trinajstić information content (AvgIpc) is 3.53. The number of benzene rings is 2. The summed E-state index contributed by atoms with van der Waals surface area (Å²) in [5.74, 6) is 0.455. The first kappa shape index (κ1) is 23.1. The molecule has 1 atom stereocenters. The summed E-state index contributed by atoms with van der Waals surface area (Å²) in [5, 5.41) is 5.18. The second-order valence-corrected chi connectivity index (χ2v) is 9.55. The first-order chi connectivity index (χ1) is 16.0. The second kappa shape index (κ2) is 10.7. The Hall–Kier alpha value is -3.12. The number of amides is 2. The van der Waals surface area contributed by atoms with Gasteiger partial charge in [-0.1, -0.05) is 48.7 Å². The Morgan fingerprint density at radius 1 is 1.06 bits per heavy atom. The predicted molar refractivity (Wildman–Crippen MR) is 133 cm³/mol. The highest BCUT2D eigenvalue weighted by Gasteiger charge is 2.34. The molecule has 0 bridgehead atoms. The molecule has 1 aliphatic carbocycles. The van der Waals surface area contributed by atoms with Gasteiger partial charge in [0.25, 0.3) is 0 Å². The van der Waals surface area contributed by atoms with Crippen molar-refractivity contribution in [2.24, 2.45) is 0 Å². The van der Waals surface area contributed by atoms with Gasteiger partial charge in [-0.25, -0.2) is 0 Å². The van der Waals surface area contributed by atoms with Crippen molar-refractivity contribution in [3.63, 3.8) is 0 Å². The number of hydrogen-bond acceptors (Lipinski definition) is 4. The molecule has 1 aromatic heterocycles. The quantitative estimate of drug-likeness (QED) is 0.485. The fourth-order valence-electron chi connectivity index (χ4n) is 4.34. The molecule has 0 saturated heterocycles. The van der Waals surface area contributed by atoms with Crippen molar-refractivity contribution < 1.29 is 14.3 Å². The molecule has 3 aromatic rings. The third-order valence-corrected chi connectivity index (χ3v) is 7.00. The fraction of sp³-hybridized carbons (Fsp3) is 0.333. The molecule has 1 fully saturated rings. The smallest absolute Gasteiger partial charge is 0.248 e. The molecule has 0 radical (unpaired) electrons. The van der Waals surface area contributed by atoms with Crippen LogP contribution in [0, 0.1) is 6.92 Å². The summed E-state index contributed by atoms with van der Waals surface area (Å²) < 4.78 is 5.31. The first-order valence-corrected chi connectivity index (χ1v) is 12.3. The molecule has 0 spiro atoms. The third-order valence-electron chi connectivity index (χ3n) is 6.13. The number of aryl methyl sites for hydroxylation is 1. The minimum absolute atomic E-state index is 0.108. The summed E-state index contributed by atoms with van der Waals surface area (Å²) in [4.78, 5) is 30.0. The van der Waals surface area contributed by atoms with Crippen molar-refractivity contribution in [2.45, 2.75) is 51.1 Å². The highest BCUT2D eigenvalue weighted by molar-refractivity contribution is 7.10. The normalized spacial score (nSPS) is 14.6. The standard InChI is InChI=1S/C27H30N2O3S/c1-19-9-13-22(14-10-19)29(25(30)18-24-8-5-17-33-24)26(20-11-15-23(32-2)16-12-20)27(31)28-21-6-3-4-7-21/h5,8-17,21,26H,3-4,6-7,18H2,1-2H3,(H,28,31)/t26-/m0/s1. The summed E-state index contributed by atoms with van der Waals surface area (Å²) in [6, 6.07) is 18.5. The minimum Gasteiger partial charge on any atom is -0.497 e. The molecule has 1 heterocycles. The largest absolute Gasteiger partial charge is 0.497 e. The van der Waals surface area contributed by atoms with Gasteiger partial charge in [-0.15, -0.1) is 11.3 Å². The van der Waals surface area contributed by atoms with Crippen LogP contribution in [0.3, 0.4) is 0 Å². The molecule has 2 amide bonds. The van der Waals surface area contributed by atoms with Crippen molar-refractivity contribution in [3.8, 4) is 5.75 Å². The van der Waals surface area contributed by atoms with Gasteiger partial charge in [0.15, 0.2) is 0 Å². The van der Waals surface area contributed by atoms with Gasteiger partial charge in [0, 0.05) is 16.6 Å². The molecular formula is C27H30N2O3S. The molecule has 5 nitrogen and oxygen atoms in total. The Labute approximate surface area is 199 Å². The molecule has 0 unspecified atom stereocenters. The molecule has 172 valence electrons. The van der Waals surface area contributed by atoms with Gasteiger partial charge in [0.2, 0.25) is 11.8 Å². The lowest BCUT2D eigenvalue weighted by Crippen LogP contribution is -2.46. The monoisotopic (exact) mass is 462 g/mol. The lowest BCUT2D eigenvalue weighted by Gasteiger charge is -2.32. The van der Waals surface area contributed by atoms with Crippen molar-refractivity contribution in [1.82, 2.24) is 5.32 Å². The number of ether oxygens (including phenoxy) is 1. The maximum atomic E-state index is 13.7. The molecule has 0 aliphatic heterocycles. The van der Waals surface area contributed by atoms with Crippen LogP contribution in [0.25, 0.3) is 0 Å². The second-order valence-electron chi connectivity index (χ2n) is 8.52. The fourth-order valence-corrected chi connectivity index (χ4v) is 5.04. The summed E-state index contributed by atoms with van der Waals surface area (Å²) in [6.45, 7) is 2.01. The molecular weight excluding hydrogens is 432 g/mol. The van der Waals surface area contributed by atoms with Gasteiger partial charge in [-0.05, 0) is 61.0 Å². The maximum Gasteiger partial charge on any atom is 0.248 e.